The minimum absolute atomic E-state index is 0.0729. The maximum atomic E-state index is 12.3. The molecule has 1 aliphatic heterocycles. The molecule has 0 aromatic rings. The summed E-state index contributed by atoms with van der Waals surface area (Å²) < 4.78 is 5.09. The zero-order valence-corrected chi connectivity index (χ0v) is 13.3. The molecule has 2 rings (SSSR count). The van der Waals surface area contributed by atoms with E-state index in [0.29, 0.717) is 6.04 Å². The molecule has 0 radical (unpaired) electrons. The Kier molecular flexibility index (Phi) is 5.44. The third-order valence-corrected chi connectivity index (χ3v) is 5.18. The van der Waals surface area contributed by atoms with Crippen molar-refractivity contribution in [2.24, 2.45) is 0 Å². The molecule has 3 atom stereocenters. The molecule has 1 aliphatic carbocycles. The number of hydrogen-bond donors (Lipinski definition) is 1. The molecule has 4 nitrogen and oxygen atoms in total. The highest BCUT2D eigenvalue weighted by molar-refractivity contribution is 5.81. The van der Waals surface area contributed by atoms with Crippen LogP contribution in [0.4, 0.5) is 0 Å². The fourth-order valence-electron chi connectivity index (χ4n) is 4.26. The topological polar surface area (TPSA) is 41.6 Å². The van der Waals surface area contributed by atoms with Gasteiger partial charge in [0.1, 0.15) is 5.54 Å². The molecule has 0 bridgehead atoms. The van der Waals surface area contributed by atoms with Crippen molar-refractivity contribution in [1.29, 1.82) is 0 Å². The lowest BCUT2D eigenvalue weighted by Gasteiger charge is -2.44. The zero-order valence-electron chi connectivity index (χ0n) is 13.3. The predicted octanol–water partition coefficient (Wildman–Crippen LogP) is 2.32. The Morgan fingerprint density at radius 1 is 1.35 bits per heavy atom. The van der Waals surface area contributed by atoms with Gasteiger partial charge in [0.05, 0.1) is 7.11 Å². The molecule has 1 saturated heterocycles. The lowest BCUT2D eigenvalue weighted by molar-refractivity contribution is -0.151. The van der Waals surface area contributed by atoms with Crippen molar-refractivity contribution in [3.05, 3.63) is 0 Å². The third kappa shape index (κ3) is 3.01. The molecule has 1 N–H and O–H groups in total. The highest BCUT2D eigenvalue weighted by Gasteiger charge is 2.45. The van der Waals surface area contributed by atoms with Crippen molar-refractivity contribution in [1.82, 2.24) is 10.2 Å². The van der Waals surface area contributed by atoms with Crippen LogP contribution in [0.3, 0.4) is 0 Å². The summed E-state index contributed by atoms with van der Waals surface area (Å²) in [5, 5.41) is 3.43. The number of methoxy groups -OCH3 is 1. The van der Waals surface area contributed by atoms with Gasteiger partial charge < -0.3 is 10.1 Å². The number of carbonyl (C=O) groups excluding carboxylic acids is 1. The molecule has 20 heavy (non-hydrogen) atoms. The summed E-state index contributed by atoms with van der Waals surface area (Å²) in [5.74, 6) is -0.0729. The van der Waals surface area contributed by atoms with E-state index in [1.807, 2.05) is 0 Å². The first-order valence-corrected chi connectivity index (χ1v) is 8.26. The number of ether oxygens (including phenoxy) is 1. The van der Waals surface area contributed by atoms with Crippen LogP contribution in [0, 0.1) is 0 Å². The van der Waals surface area contributed by atoms with E-state index in [2.05, 4.69) is 24.1 Å². The molecule has 0 amide bonds. The molecular weight excluding hydrogens is 252 g/mol. The molecule has 1 heterocycles. The van der Waals surface area contributed by atoms with E-state index < -0.39 is 5.54 Å². The van der Waals surface area contributed by atoms with Crippen LogP contribution in [0.25, 0.3) is 0 Å². The Morgan fingerprint density at radius 3 is 2.80 bits per heavy atom. The summed E-state index contributed by atoms with van der Waals surface area (Å²) in [6, 6.07) is 1.25. The van der Waals surface area contributed by atoms with Crippen LogP contribution in [0.2, 0.25) is 0 Å². The SMILES string of the molecule is CCNC1(C(=O)OC)CCCC(N2CCCC2CC)C1. The number of nitrogens with one attached hydrogen (secondary N) is 1. The third-order valence-electron chi connectivity index (χ3n) is 5.18. The number of nitrogens with zero attached hydrogens (tertiary/aromatic N) is 1. The zero-order chi connectivity index (χ0) is 14.6. The van der Waals surface area contributed by atoms with E-state index in [-0.39, 0.29) is 5.97 Å². The van der Waals surface area contributed by atoms with E-state index in [1.54, 1.807) is 0 Å². The van der Waals surface area contributed by atoms with Crippen LogP contribution in [0.15, 0.2) is 0 Å². The van der Waals surface area contributed by atoms with Gasteiger partial charge in [0.25, 0.3) is 0 Å². The quantitative estimate of drug-likeness (QED) is 0.786. The molecule has 116 valence electrons. The largest absolute Gasteiger partial charge is 0.468 e. The molecule has 0 aromatic carbocycles. The lowest BCUT2D eigenvalue weighted by atomic mass is 9.78. The van der Waals surface area contributed by atoms with Gasteiger partial charge in [-0.3, -0.25) is 9.69 Å². The Bertz CT molecular complexity index is 330. The summed E-state index contributed by atoms with van der Waals surface area (Å²) >= 11 is 0. The Balaban J connectivity index is 2.11. The average Bonchev–Trinajstić information content (AvgIpc) is 2.95. The molecule has 1 saturated carbocycles. The Morgan fingerprint density at radius 2 is 2.15 bits per heavy atom. The van der Waals surface area contributed by atoms with Gasteiger partial charge in [0.2, 0.25) is 0 Å². The van der Waals surface area contributed by atoms with Gasteiger partial charge in [-0.1, -0.05) is 13.8 Å². The standard InChI is InChI=1S/C16H30N2O2/c1-4-13-9-7-11-18(13)14-8-6-10-16(12-14,17-5-2)15(19)20-3/h13-14,17H,4-12H2,1-3H3. The normalized spacial score (nSPS) is 35.1. The molecule has 0 spiro atoms. The van der Waals surface area contributed by atoms with Gasteiger partial charge in [-0.15, -0.1) is 0 Å². The van der Waals surface area contributed by atoms with Gasteiger partial charge >= 0.3 is 5.97 Å². The van der Waals surface area contributed by atoms with Crippen LogP contribution in [0.5, 0.6) is 0 Å². The monoisotopic (exact) mass is 282 g/mol. The minimum atomic E-state index is -0.451. The second-order valence-corrected chi connectivity index (χ2v) is 6.30. The summed E-state index contributed by atoms with van der Waals surface area (Å²) in [6.07, 6.45) is 8.00. The van der Waals surface area contributed by atoms with E-state index in [0.717, 1.165) is 31.8 Å². The molecular formula is C16H30N2O2. The van der Waals surface area contributed by atoms with Gasteiger partial charge in [-0.2, -0.15) is 0 Å². The molecule has 0 aromatic heterocycles. The van der Waals surface area contributed by atoms with Gasteiger partial charge in [-0.25, -0.2) is 0 Å². The fraction of sp³-hybridized carbons (Fsp3) is 0.938. The molecule has 3 unspecified atom stereocenters. The van der Waals surface area contributed by atoms with Crippen LogP contribution >= 0.6 is 0 Å². The summed E-state index contributed by atoms with van der Waals surface area (Å²) in [6.45, 7) is 6.37. The smallest absolute Gasteiger partial charge is 0.326 e. The van der Waals surface area contributed by atoms with Gasteiger partial charge in [0, 0.05) is 12.1 Å². The van der Waals surface area contributed by atoms with Crippen molar-refractivity contribution in [3.63, 3.8) is 0 Å². The minimum Gasteiger partial charge on any atom is -0.468 e. The van der Waals surface area contributed by atoms with Crippen LogP contribution in [-0.2, 0) is 9.53 Å². The van der Waals surface area contributed by atoms with E-state index in [1.165, 1.54) is 39.3 Å². The summed E-state index contributed by atoms with van der Waals surface area (Å²) in [7, 11) is 1.51. The van der Waals surface area contributed by atoms with Crippen LogP contribution in [0.1, 0.15) is 58.8 Å². The first-order valence-electron chi connectivity index (χ1n) is 8.26. The van der Waals surface area contributed by atoms with E-state index >= 15 is 0 Å². The van der Waals surface area contributed by atoms with Crippen LogP contribution < -0.4 is 5.32 Å². The molecule has 2 fully saturated rings. The first-order chi connectivity index (χ1) is 9.66. The summed E-state index contributed by atoms with van der Waals surface area (Å²) in [5.41, 5.74) is -0.451. The summed E-state index contributed by atoms with van der Waals surface area (Å²) in [4.78, 5) is 14.9. The fourth-order valence-corrected chi connectivity index (χ4v) is 4.26. The predicted molar refractivity (Wildman–Crippen MR) is 80.7 cm³/mol. The molecule has 2 aliphatic rings. The number of likely N-dealkylation sites (N-methyl/N-ethyl adjacent to an activating group) is 1. The Labute approximate surface area is 123 Å². The Hall–Kier alpha value is -0.610. The van der Waals surface area contributed by atoms with Crippen molar-refractivity contribution >= 4 is 5.97 Å². The van der Waals surface area contributed by atoms with Crippen molar-refractivity contribution in [2.75, 3.05) is 20.2 Å². The molecule has 4 heteroatoms. The first kappa shape index (κ1) is 15.8. The van der Waals surface area contributed by atoms with E-state index in [4.69, 9.17) is 4.74 Å². The maximum Gasteiger partial charge on any atom is 0.326 e. The van der Waals surface area contributed by atoms with Crippen molar-refractivity contribution in [2.45, 2.75) is 76.4 Å². The highest BCUT2D eigenvalue weighted by Crippen LogP contribution is 2.36. The van der Waals surface area contributed by atoms with Crippen LogP contribution in [-0.4, -0.2) is 48.7 Å². The average molecular weight is 282 g/mol. The maximum absolute atomic E-state index is 12.3. The number of hydrogen-bond acceptors (Lipinski definition) is 4. The van der Waals surface area contributed by atoms with Gasteiger partial charge in [-0.05, 0) is 58.0 Å². The number of carbonyl (C=O) groups is 1. The number of likely N-dealkylation sites (tertiary alicyclic amines) is 1. The second kappa shape index (κ2) is 6.90. The second-order valence-electron chi connectivity index (χ2n) is 6.30. The van der Waals surface area contributed by atoms with Gasteiger partial charge in [0.15, 0.2) is 0 Å². The van der Waals surface area contributed by atoms with E-state index in [9.17, 15) is 4.79 Å². The number of esters is 1. The van der Waals surface area contributed by atoms with Crippen molar-refractivity contribution < 1.29 is 9.53 Å². The number of rotatable bonds is 5. The van der Waals surface area contributed by atoms with Crippen molar-refractivity contribution in [3.8, 4) is 0 Å². The highest BCUT2D eigenvalue weighted by atomic mass is 16.5. The lowest BCUT2D eigenvalue weighted by Crippen LogP contribution is -2.59.